The molecule has 0 fully saturated rings. The summed E-state index contributed by atoms with van der Waals surface area (Å²) >= 11 is 1.47. The molecule has 1 aromatic heterocycles. The summed E-state index contributed by atoms with van der Waals surface area (Å²) in [5, 5.41) is 13.5. The van der Waals surface area contributed by atoms with Gasteiger partial charge in [0.05, 0.1) is 12.5 Å². The molecular weight excluding hydrogens is 254 g/mol. The number of carboxylic acid groups (broad SMARTS) is 1. The van der Waals surface area contributed by atoms with Gasteiger partial charge in [0.25, 0.3) is 0 Å². The molecule has 5 nitrogen and oxygen atoms in total. The molecule has 0 spiro atoms. The molecule has 100 valence electrons. The minimum Gasteiger partial charge on any atom is -0.479 e. The van der Waals surface area contributed by atoms with Crippen LogP contribution in [0.25, 0.3) is 0 Å². The summed E-state index contributed by atoms with van der Waals surface area (Å²) in [6.45, 7) is 3.10. The zero-order valence-corrected chi connectivity index (χ0v) is 11.4. The number of carbonyl (C=O) groups excluding carboxylic acids is 1. The fourth-order valence-corrected chi connectivity index (χ4v) is 2.27. The zero-order chi connectivity index (χ0) is 13.8. The minimum absolute atomic E-state index is 0.0781. The van der Waals surface area contributed by atoms with Gasteiger partial charge in [-0.2, -0.15) is 0 Å². The Morgan fingerprint density at radius 1 is 1.61 bits per heavy atom. The molecule has 1 aromatic rings. The van der Waals surface area contributed by atoms with E-state index in [2.05, 4.69) is 5.32 Å². The Morgan fingerprint density at radius 2 is 2.28 bits per heavy atom. The van der Waals surface area contributed by atoms with Crippen LogP contribution in [0.4, 0.5) is 0 Å². The molecule has 0 saturated heterocycles. The average Bonchev–Trinajstić information content (AvgIpc) is 2.81. The summed E-state index contributed by atoms with van der Waals surface area (Å²) < 4.78 is 4.85. The molecule has 0 aliphatic carbocycles. The second-order valence-electron chi connectivity index (χ2n) is 4.30. The van der Waals surface area contributed by atoms with Crippen LogP contribution in [-0.4, -0.2) is 36.2 Å². The molecule has 0 aliphatic rings. The summed E-state index contributed by atoms with van der Waals surface area (Å²) in [6.07, 6.45) is 0. The summed E-state index contributed by atoms with van der Waals surface area (Å²) in [4.78, 5) is 24.1. The zero-order valence-electron chi connectivity index (χ0n) is 10.6. The van der Waals surface area contributed by atoms with Crippen molar-refractivity contribution in [1.29, 1.82) is 0 Å². The van der Waals surface area contributed by atoms with Crippen molar-refractivity contribution in [2.24, 2.45) is 0 Å². The number of ether oxygens (including phenoxy) is 1. The van der Waals surface area contributed by atoms with E-state index >= 15 is 0 Å². The van der Waals surface area contributed by atoms with Gasteiger partial charge >= 0.3 is 5.97 Å². The Balaban J connectivity index is 2.76. The van der Waals surface area contributed by atoms with E-state index in [1.807, 2.05) is 17.5 Å². The first kappa shape index (κ1) is 14.7. The normalized spacial score (nSPS) is 15.7. The van der Waals surface area contributed by atoms with Crippen molar-refractivity contribution >= 4 is 23.2 Å². The van der Waals surface area contributed by atoms with E-state index in [9.17, 15) is 9.59 Å². The Kier molecular flexibility index (Phi) is 4.86. The minimum atomic E-state index is -1.41. The predicted molar refractivity (Wildman–Crippen MR) is 68.8 cm³/mol. The third-order valence-corrected chi connectivity index (χ3v) is 3.72. The maximum absolute atomic E-state index is 12.0. The second kappa shape index (κ2) is 5.97. The van der Waals surface area contributed by atoms with Crippen molar-refractivity contribution in [3.63, 3.8) is 0 Å². The van der Waals surface area contributed by atoms with Gasteiger partial charge in [-0.1, -0.05) is 6.07 Å². The van der Waals surface area contributed by atoms with Crippen LogP contribution in [0.3, 0.4) is 0 Å². The lowest BCUT2D eigenvalue weighted by Crippen LogP contribution is -2.56. The summed E-state index contributed by atoms with van der Waals surface area (Å²) in [5.41, 5.74) is -1.41. The first-order valence-corrected chi connectivity index (χ1v) is 6.36. The second-order valence-corrected chi connectivity index (χ2v) is 5.28. The highest BCUT2D eigenvalue weighted by molar-refractivity contribution is 7.10. The number of rotatable bonds is 6. The largest absolute Gasteiger partial charge is 0.479 e. The Morgan fingerprint density at radius 3 is 2.72 bits per heavy atom. The molecule has 2 atom stereocenters. The Bertz CT molecular complexity index is 418. The van der Waals surface area contributed by atoms with Gasteiger partial charge < -0.3 is 15.2 Å². The van der Waals surface area contributed by atoms with Gasteiger partial charge in [0.15, 0.2) is 5.54 Å². The van der Waals surface area contributed by atoms with E-state index in [-0.39, 0.29) is 18.4 Å². The highest BCUT2D eigenvalue weighted by Crippen LogP contribution is 2.21. The number of methoxy groups -OCH3 is 1. The average molecular weight is 271 g/mol. The number of nitrogens with one attached hydrogen (secondary N) is 1. The van der Waals surface area contributed by atoms with Crippen LogP contribution in [0.5, 0.6) is 0 Å². The maximum Gasteiger partial charge on any atom is 0.331 e. The topological polar surface area (TPSA) is 75.6 Å². The van der Waals surface area contributed by atoms with Crippen molar-refractivity contribution in [2.75, 3.05) is 13.7 Å². The lowest BCUT2D eigenvalue weighted by molar-refractivity contribution is -0.149. The highest BCUT2D eigenvalue weighted by atomic mass is 32.1. The van der Waals surface area contributed by atoms with Crippen LogP contribution in [0, 0.1) is 0 Å². The smallest absolute Gasteiger partial charge is 0.331 e. The van der Waals surface area contributed by atoms with Crippen LogP contribution < -0.4 is 5.32 Å². The molecule has 0 aromatic carbocycles. The van der Waals surface area contributed by atoms with Crippen molar-refractivity contribution in [3.05, 3.63) is 22.4 Å². The molecule has 1 rings (SSSR count). The van der Waals surface area contributed by atoms with Crippen LogP contribution in [0.2, 0.25) is 0 Å². The van der Waals surface area contributed by atoms with Gasteiger partial charge in [-0.05, 0) is 25.3 Å². The Hall–Kier alpha value is -1.40. The molecule has 2 unspecified atom stereocenters. The summed E-state index contributed by atoms with van der Waals surface area (Å²) in [6, 6.07) is 3.71. The van der Waals surface area contributed by atoms with E-state index in [0.29, 0.717) is 0 Å². The van der Waals surface area contributed by atoms with Gasteiger partial charge in [0, 0.05) is 12.0 Å². The Labute approximate surface area is 110 Å². The number of amides is 1. The van der Waals surface area contributed by atoms with Crippen molar-refractivity contribution < 1.29 is 19.4 Å². The molecule has 0 radical (unpaired) electrons. The standard InChI is InChI=1S/C12H17NO4S/c1-8(9-5-4-6-18-9)10(14)13-12(2,7-17-3)11(15)16/h4-6,8H,7H2,1-3H3,(H,13,14)(H,15,16). The lowest BCUT2D eigenvalue weighted by atomic mass is 10.0. The molecule has 0 saturated carbocycles. The number of carboxylic acids is 1. The van der Waals surface area contributed by atoms with Gasteiger partial charge in [-0.25, -0.2) is 4.79 Å². The van der Waals surface area contributed by atoms with Crippen LogP contribution in [0.15, 0.2) is 17.5 Å². The molecule has 2 N–H and O–H groups in total. The fraction of sp³-hybridized carbons (Fsp3) is 0.500. The molecule has 0 bridgehead atoms. The van der Waals surface area contributed by atoms with E-state index in [4.69, 9.17) is 9.84 Å². The van der Waals surface area contributed by atoms with Gasteiger partial charge in [0.2, 0.25) is 5.91 Å². The van der Waals surface area contributed by atoms with E-state index < -0.39 is 11.5 Å². The number of hydrogen-bond acceptors (Lipinski definition) is 4. The first-order chi connectivity index (χ1) is 8.40. The molecule has 6 heteroatoms. The SMILES string of the molecule is COCC(C)(NC(=O)C(C)c1cccs1)C(=O)O. The highest BCUT2D eigenvalue weighted by Gasteiger charge is 2.36. The van der Waals surface area contributed by atoms with Gasteiger partial charge in [-0.3, -0.25) is 4.79 Å². The molecule has 0 aliphatic heterocycles. The maximum atomic E-state index is 12.0. The van der Waals surface area contributed by atoms with Gasteiger partial charge in [0.1, 0.15) is 0 Å². The number of aliphatic carboxylic acids is 1. The van der Waals surface area contributed by atoms with Gasteiger partial charge in [-0.15, -0.1) is 11.3 Å². The van der Waals surface area contributed by atoms with Crippen LogP contribution in [-0.2, 0) is 14.3 Å². The van der Waals surface area contributed by atoms with E-state index in [1.165, 1.54) is 25.4 Å². The van der Waals surface area contributed by atoms with Crippen LogP contribution in [0.1, 0.15) is 24.6 Å². The van der Waals surface area contributed by atoms with E-state index in [1.54, 1.807) is 6.92 Å². The molecule has 18 heavy (non-hydrogen) atoms. The third kappa shape index (κ3) is 3.30. The summed E-state index contributed by atoms with van der Waals surface area (Å²) in [5.74, 6) is -1.81. The number of hydrogen-bond donors (Lipinski definition) is 2. The quantitative estimate of drug-likeness (QED) is 0.821. The number of thiophene rings is 1. The molecule has 1 amide bonds. The summed E-state index contributed by atoms with van der Waals surface area (Å²) in [7, 11) is 1.40. The van der Waals surface area contributed by atoms with Crippen molar-refractivity contribution in [2.45, 2.75) is 25.3 Å². The van der Waals surface area contributed by atoms with Crippen molar-refractivity contribution in [1.82, 2.24) is 5.32 Å². The lowest BCUT2D eigenvalue weighted by Gasteiger charge is -2.26. The number of carbonyl (C=O) groups is 2. The molecular formula is C12H17NO4S. The molecule has 1 heterocycles. The van der Waals surface area contributed by atoms with Crippen LogP contribution >= 0.6 is 11.3 Å². The van der Waals surface area contributed by atoms with Crippen molar-refractivity contribution in [3.8, 4) is 0 Å². The first-order valence-electron chi connectivity index (χ1n) is 5.48. The third-order valence-electron chi connectivity index (χ3n) is 2.67. The van der Waals surface area contributed by atoms with E-state index in [0.717, 1.165) is 4.88 Å². The fourth-order valence-electron chi connectivity index (χ4n) is 1.49. The monoisotopic (exact) mass is 271 g/mol. The predicted octanol–water partition coefficient (Wildman–Crippen LogP) is 1.46.